The van der Waals surface area contributed by atoms with Gasteiger partial charge >= 0.3 is 0 Å². The lowest BCUT2D eigenvalue weighted by Gasteiger charge is -1.99. The van der Waals surface area contributed by atoms with E-state index in [0.717, 1.165) is 5.92 Å². The molecule has 1 atom stereocenters. The first-order chi connectivity index (χ1) is 7.34. The van der Waals surface area contributed by atoms with Gasteiger partial charge in [-0.2, -0.15) is 0 Å². The van der Waals surface area contributed by atoms with Crippen LogP contribution in [0.3, 0.4) is 0 Å². The lowest BCUT2D eigenvalue weighted by molar-refractivity contribution is 0.577. The minimum Gasteiger partial charge on any atom is -0.0850 e. The van der Waals surface area contributed by atoms with Crippen LogP contribution in [0.2, 0.25) is 0 Å². The summed E-state index contributed by atoms with van der Waals surface area (Å²) < 4.78 is 0. The molecule has 0 aromatic carbocycles. The SMILES string of the molecule is CCCCCCCCCCC=C1CC1C. The largest absolute Gasteiger partial charge is 0.0850 e. The third kappa shape index (κ3) is 6.76. The maximum Gasteiger partial charge on any atom is -0.0194 e. The van der Waals surface area contributed by atoms with Crippen molar-refractivity contribution in [3.05, 3.63) is 11.6 Å². The van der Waals surface area contributed by atoms with Crippen molar-refractivity contribution >= 4 is 0 Å². The topological polar surface area (TPSA) is 0 Å². The van der Waals surface area contributed by atoms with Crippen LogP contribution in [-0.4, -0.2) is 0 Å². The predicted octanol–water partition coefficient (Wildman–Crippen LogP) is 5.48. The van der Waals surface area contributed by atoms with E-state index in [-0.39, 0.29) is 0 Å². The predicted molar refractivity (Wildman–Crippen MR) is 69.1 cm³/mol. The molecule has 0 radical (unpaired) electrons. The first-order valence-corrected chi connectivity index (χ1v) is 7.03. The Hall–Kier alpha value is -0.260. The fourth-order valence-electron chi connectivity index (χ4n) is 2.14. The Morgan fingerprint density at radius 1 is 1.00 bits per heavy atom. The molecule has 1 saturated carbocycles. The number of allylic oxidation sites excluding steroid dienone is 2. The maximum atomic E-state index is 2.49. The molecular formula is C15H28. The van der Waals surface area contributed by atoms with Gasteiger partial charge in [0.25, 0.3) is 0 Å². The summed E-state index contributed by atoms with van der Waals surface area (Å²) in [5.74, 6) is 0.930. The molecule has 0 saturated heterocycles. The van der Waals surface area contributed by atoms with Gasteiger partial charge in [0.2, 0.25) is 0 Å². The number of rotatable bonds is 9. The quantitative estimate of drug-likeness (QED) is 0.347. The van der Waals surface area contributed by atoms with E-state index < -0.39 is 0 Å². The van der Waals surface area contributed by atoms with Crippen molar-refractivity contribution in [3.63, 3.8) is 0 Å². The third-order valence-corrected chi connectivity index (χ3v) is 3.48. The molecular weight excluding hydrogens is 180 g/mol. The average molecular weight is 208 g/mol. The highest BCUT2D eigenvalue weighted by atomic mass is 14.3. The molecule has 15 heavy (non-hydrogen) atoms. The smallest absolute Gasteiger partial charge is 0.0194 e. The van der Waals surface area contributed by atoms with Crippen LogP contribution in [0.4, 0.5) is 0 Å². The van der Waals surface area contributed by atoms with E-state index in [1.807, 2.05) is 0 Å². The van der Waals surface area contributed by atoms with Crippen molar-refractivity contribution in [2.24, 2.45) is 5.92 Å². The molecule has 0 N–H and O–H groups in total. The Kier molecular flexibility index (Phi) is 6.80. The minimum atomic E-state index is 0.930. The van der Waals surface area contributed by atoms with Crippen molar-refractivity contribution < 1.29 is 0 Å². The highest BCUT2D eigenvalue weighted by Gasteiger charge is 2.22. The van der Waals surface area contributed by atoms with Crippen molar-refractivity contribution in [2.45, 2.75) is 78.1 Å². The molecule has 0 bridgehead atoms. The summed E-state index contributed by atoms with van der Waals surface area (Å²) in [5, 5.41) is 0. The van der Waals surface area contributed by atoms with Crippen LogP contribution in [-0.2, 0) is 0 Å². The van der Waals surface area contributed by atoms with Crippen LogP contribution < -0.4 is 0 Å². The van der Waals surface area contributed by atoms with Crippen LogP contribution in [0, 0.1) is 5.92 Å². The van der Waals surface area contributed by atoms with Crippen molar-refractivity contribution in [1.29, 1.82) is 0 Å². The number of hydrogen-bond acceptors (Lipinski definition) is 0. The van der Waals surface area contributed by atoms with E-state index in [0.29, 0.717) is 0 Å². The Balaban J connectivity index is 1.74. The van der Waals surface area contributed by atoms with E-state index >= 15 is 0 Å². The molecule has 0 aliphatic heterocycles. The zero-order valence-corrected chi connectivity index (χ0v) is 10.7. The molecule has 1 aliphatic rings. The second-order valence-electron chi connectivity index (χ2n) is 5.15. The zero-order valence-electron chi connectivity index (χ0n) is 10.7. The summed E-state index contributed by atoms with van der Waals surface area (Å²) in [5.41, 5.74) is 1.72. The summed E-state index contributed by atoms with van der Waals surface area (Å²) >= 11 is 0. The Labute approximate surface area is 96.2 Å². The van der Waals surface area contributed by atoms with Crippen LogP contribution >= 0.6 is 0 Å². The normalized spacial score (nSPS) is 22.3. The average Bonchev–Trinajstić information content (AvgIpc) is 2.92. The van der Waals surface area contributed by atoms with E-state index in [2.05, 4.69) is 19.9 Å². The van der Waals surface area contributed by atoms with Gasteiger partial charge in [-0.05, 0) is 25.2 Å². The van der Waals surface area contributed by atoms with Gasteiger partial charge < -0.3 is 0 Å². The third-order valence-electron chi connectivity index (χ3n) is 3.48. The van der Waals surface area contributed by atoms with E-state index in [4.69, 9.17) is 0 Å². The summed E-state index contributed by atoms with van der Waals surface area (Å²) in [6.45, 7) is 4.62. The second-order valence-corrected chi connectivity index (χ2v) is 5.15. The Bertz CT molecular complexity index is 178. The molecule has 1 unspecified atom stereocenters. The maximum absolute atomic E-state index is 2.49. The molecule has 1 aliphatic carbocycles. The molecule has 0 aromatic rings. The standard InChI is InChI=1S/C15H28/c1-3-4-5-6-7-8-9-10-11-12-15-13-14(15)2/h12,14H,3-11,13H2,1-2H3. The van der Waals surface area contributed by atoms with Crippen molar-refractivity contribution in [1.82, 2.24) is 0 Å². The molecule has 0 amide bonds. The molecule has 0 nitrogen and oxygen atoms in total. The Morgan fingerprint density at radius 3 is 2.07 bits per heavy atom. The fraction of sp³-hybridized carbons (Fsp3) is 0.867. The molecule has 0 heteroatoms. The Morgan fingerprint density at radius 2 is 1.53 bits per heavy atom. The van der Waals surface area contributed by atoms with E-state index in [9.17, 15) is 0 Å². The number of hydrogen-bond donors (Lipinski definition) is 0. The highest BCUT2D eigenvalue weighted by molar-refractivity contribution is 5.21. The molecule has 0 heterocycles. The second kappa shape index (κ2) is 7.96. The molecule has 0 aromatic heterocycles. The van der Waals surface area contributed by atoms with Gasteiger partial charge in [0, 0.05) is 0 Å². The van der Waals surface area contributed by atoms with Crippen molar-refractivity contribution in [2.75, 3.05) is 0 Å². The van der Waals surface area contributed by atoms with Gasteiger partial charge in [0.05, 0.1) is 0 Å². The molecule has 88 valence electrons. The van der Waals surface area contributed by atoms with E-state index in [1.54, 1.807) is 5.57 Å². The van der Waals surface area contributed by atoms with Gasteiger partial charge in [-0.15, -0.1) is 0 Å². The summed E-state index contributed by atoms with van der Waals surface area (Å²) in [6, 6.07) is 0. The van der Waals surface area contributed by atoms with Crippen LogP contribution in [0.25, 0.3) is 0 Å². The summed E-state index contributed by atoms with van der Waals surface area (Å²) in [4.78, 5) is 0. The van der Waals surface area contributed by atoms with Crippen LogP contribution in [0.1, 0.15) is 78.1 Å². The van der Waals surface area contributed by atoms with E-state index in [1.165, 1.54) is 64.2 Å². The lowest BCUT2D eigenvalue weighted by Crippen LogP contribution is -1.79. The first-order valence-electron chi connectivity index (χ1n) is 7.03. The van der Waals surface area contributed by atoms with Gasteiger partial charge in [-0.1, -0.05) is 70.4 Å². The fourth-order valence-corrected chi connectivity index (χ4v) is 2.14. The lowest BCUT2D eigenvalue weighted by atomic mass is 10.1. The summed E-state index contributed by atoms with van der Waals surface area (Å²) in [7, 11) is 0. The monoisotopic (exact) mass is 208 g/mol. The van der Waals surface area contributed by atoms with Gasteiger partial charge in [-0.3, -0.25) is 0 Å². The van der Waals surface area contributed by atoms with Crippen LogP contribution in [0.15, 0.2) is 11.6 Å². The summed E-state index contributed by atoms with van der Waals surface area (Å²) in [6.07, 6.45) is 16.7. The first kappa shape index (κ1) is 12.8. The van der Waals surface area contributed by atoms with Crippen molar-refractivity contribution in [3.8, 4) is 0 Å². The molecule has 1 rings (SSSR count). The number of unbranched alkanes of at least 4 members (excludes halogenated alkanes) is 8. The molecule has 1 fully saturated rings. The van der Waals surface area contributed by atoms with Gasteiger partial charge in [-0.25, -0.2) is 0 Å². The minimum absolute atomic E-state index is 0.930. The highest BCUT2D eigenvalue weighted by Crippen LogP contribution is 2.37. The molecule has 0 spiro atoms. The van der Waals surface area contributed by atoms with Gasteiger partial charge in [0.15, 0.2) is 0 Å². The zero-order chi connectivity index (χ0) is 10.9. The van der Waals surface area contributed by atoms with Crippen LogP contribution in [0.5, 0.6) is 0 Å². The van der Waals surface area contributed by atoms with Gasteiger partial charge in [0.1, 0.15) is 0 Å².